The Hall–Kier alpha value is -0.860. The quantitative estimate of drug-likeness (QED) is 0.179. The smallest absolute Gasteiger partial charge is 0.317 e. The fourth-order valence-corrected chi connectivity index (χ4v) is 3.95. The normalized spacial score (nSPS) is 18.6. The van der Waals surface area contributed by atoms with Crippen LogP contribution in [0.2, 0.25) is 0 Å². The summed E-state index contributed by atoms with van der Waals surface area (Å²) in [6.07, 6.45) is 19.3. The summed E-state index contributed by atoms with van der Waals surface area (Å²) in [6, 6.07) is 0. The average Bonchev–Trinajstić information content (AvgIpc) is 2.93. The topological polar surface area (TPSA) is 43.4 Å². The van der Waals surface area contributed by atoms with Gasteiger partial charge in [-0.1, -0.05) is 97.3 Å². The maximum atomic E-state index is 11.9. The molecule has 2 unspecified atom stereocenters. The SMILES string of the molecule is CCCCCCCCCCCC(CCCCCC)C1CC(=O)OC1=O. The lowest BCUT2D eigenvalue weighted by molar-refractivity contribution is -0.153. The summed E-state index contributed by atoms with van der Waals surface area (Å²) >= 11 is 0. The van der Waals surface area contributed by atoms with Crippen molar-refractivity contribution in [3.8, 4) is 0 Å². The molecule has 0 amide bonds. The van der Waals surface area contributed by atoms with E-state index in [1.54, 1.807) is 0 Å². The minimum atomic E-state index is -0.319. The van der Waals surface area contributed by atoms with Crippen LogP contribution in [-0.4, -0.2) is 11.9 Å². The van der Waals surface area contributed by atoms with Crippen LogP contribution < -0.4 is 0 Å². The first kappa shape index (κ1) is 22.2. The van der Waals surface area contributed by atoms with Crippen LogP contribution in [0, 0.1) is 11.8 Å². The van der Waals surface area contributed by atoms with E-state index in [0.717, 1.165) is 12.8 Å². The molecule has 2 atom stereocenters. The first-order valence-corrected chi connectivity index (χ1v) is 10.9. The molecule has 0 radical (unpaired) electrons. The van der Waals surface area contributed by atoms with Gasteiger partial charge in [-0.15, -0.1) is 0 Å². The van der Waals surface area contributed by atoms with Crippen LogP contribution in [0.4, 0.5) is 0 Å². The van der Waals surface area contributed by atoms with Gasteiger partial charge in [0, 0.05) is 0 Å². The zero-order valence-corrected chi connectivity index (χ0v) is 16.7. The largest absolute Gasteiger partial charge is 0.393 e. The first-order valence-electron chi connectivity index (χ1n) is 10.9. The van der Waals surface area contributed by atoms with E-state index in [1.165, 1.54) is 83.5 Å². The fraction of sp³-hybridized carbons (Fsp3) is 0.909. The van der Waals surface area contributed by atoms with E-state index in [1.807, 2.05) is 0 Å². The Morgan fingerprint density at radius 3 is 1.64 bits per heavy atom. The average molecular weight is 353 g/mol. The number of rotatable bonds is 16. The van der Waals surface area contributed by atoms with Crippen LogP contribution in [0.1, 0.15) is 117 Å². The molecule has 0 saturated carbocycles. The number of ether oxygens (including phenoxy) is 1. The van der Waals surface area contributed by atoms with Gasteiger partial charge in [0.25, 0.3) is 0 Å². The van der Waals surface area contributed by atoms with Crippen molar-refractivity contribution in [1.82, 2.24) is 0 Å². The van der Waals surface area contributed by atoms with E-state index in [2.05, 4.69) is 13.8 Å². The highest BCUT2D eigenvalue weighted by molar-refractivity contribution is 5.94. The Morgan fingerprint density at radius 2 is 1.20 bits per heavy atom. The molecular formula is C22H40O3. The van der Waals surface area contributed by atoms with Gasteiger partial charge in [0.1, 0.15) is 0 Å². The molecule has 1 aliphatic rings. The van der Waals surface area contributed by atoms with Gasteiger partial charge >= 0.3 is 11.9 Å². The van der Waals surface area contributed by atoms with E-state index in [4.69, 9.17) is 4.74 Å². The first-order chi connectivity index (χ1) is 12.2. The van der Waals surface area contributed by atoms with Gasteiger partial charge in [0.2, 0.25) is 0 Å². The predicted octanol–water partition coefficient (Wildman–Crippen LogP) is 6.58. The molecule has 3 heteroatoms. The lowest BCUT2D eigenvalue weighted by atomic mass is 9.82. The number of cyclic esters (lactones) is 2. The second-order valence-electron chi connectivity index (χ2n) is 7.83. The maximum Gasteiger partial charge on any atom is 0.317 e. The Labute approximate surface area is 155 Å². The summed E-state index contributed by atoms with van der Waals surface area (Å²) in [5.41, 5.74) is 0. The Morgan fingerprint density at radius 1 is 0.760 bits per heavy atom. The van der Waals surface area contributed by atoms with E-state index >= 15 is 0 Å². The zero-order valence-electron chi connectivity index (χ0n) is 16.7. The highest BCUT2D eigenvalue weighted by atomic mass is 16.6. The molecule has 1 aliphatic heterocycles. The lowest BCUT2D eigenvalue weighted by Gasteiger charge is -2.20. The number of hydrogen-bond acceptors (Lipinski definition) is 3. The van der Waals surface area contributed by atoms with E-state index in [-0.39, 0.29) is 17.9 Å². The summed E-state index contributed by atoms with van der Waals surface area (Å²) in [5, 5.41) is 0. The van der Waals surface area contributed by atoms with Crippen LogP contribution in [-0.2, 0) is 14.3 Å². The van der Waals surface area contributed by atoms with Gasteiger partial charge < -0.3 is 4.74 Å². The van der Waals surface area contributed by atoms with Crippen LogP contribution >= 0.6 is 0 Å². The molecule has 146 valence electrons. The van der Waals surface area contributed by atoms with Gasteiger partial charge in [-0.3, -0.25) is 9.59 Å². The number of carbonyl (C=O) groups is 2. The van der Waals surface area contributed by atoms with Crippen molar-refractivity contribution < 1.29 is 14.3 Å². The Bertz CT molecular complexity index is 364. The second-order valence-corrected chi connectivity index (χ2v) is 7.83. The molecule has 1 fully saturated rings. The Balaban J connectivity index is 2.21. The Kier molecular flexibility index (Phi) is 12.7. The molecule has 1 saturated heterocycles. The number of esters is 2. The standard InChI is InChI=1S/C22H40O3/c1-3-5-7-9-10-11-12-13-15-17-19(16-14-8-6-4-2)20-18-21(23)25-22(20)24/h19-20H,3-18H2,1-2H3. The molecule has 0 bridgehead atoms. The molecule has 25 heavy (non-hydrogen) atoms. The van der Waals surface area contributed by atoms with Gasteiger partial charge in [-0.05, 0) is 18.8 Å². The molecule has 0 aromatic rings. The molecule has 1 heterocycles. The van der Waals surface area contributed by atoms with E-state index in [0.29, 0.717) is 12.3 Å². The molecule has 1 rings (SSSR count). The van der Waals surface area contributed by atoms with Gasteiger partial charge in [-0.2, -0.15) is 0 Å². The molecule has 0 aromatic heterocycles. The summed E-state index contributed by atoms with van der Waals surface area (Å²) in [6.45, 7) is 4.47. The summed E-state index contributed by atoms with van der Waals surface area (Å²) in [4.78, 5) is 23.4. The molecule has 3 nitrogen and oxygen atoms in total. The zero-order chi connectivity index (χ0) is 18.3. The van der Waals surface area contributed by atoms with Crippen LogP contribution in [0.25, 0.3) is 0 Å². The van der Waals surface area contributed by atoms with E-state index < -0.39 is 0 Å². The van der Waals surface area contributed by atoms with Crippen LogP contribution in [0.5, 0.6) is 0 Å². The minimum Gasteiger partial charge on any atom is -0.393 e. The fourth-order valence-electron chi connectivity index (χ4n) is 3.95. The molecular weight excluding hydrogens is 312 g/mol. The third kappa shape index (κ3) is 10.0. The summed E-state index contributed by atoms with van der Waals surface area (Å²) in [5.74, 6) is -0.398. The minimum absolute atomic E-state index is 0.164. The van der Waals surface area contributed by atoms with Crippen LogP contribution in [0.15, 0.2) is 0 Å². The highest BCUT2D eigenvalue weighted by Crippen LogP contribution is 2.32. The highest BCUT2D eigenvalue weighted by Gasteiger charge is 2.38. The van der Waals surface area contributed by atoms with Crippen molar-refractivity contribution in [3.63, 3.8) is 0 Å². The van der Waals surface area contributed by atoms with Crippen molar-refractivity contribution in [2.45, 2.75) is 117 Å². The molecule has 0 spiro atoms. The maximum absolute atomic E-state index is 11.9. The van der Waals surface area contributed by atoms with Crippen LogP contribution in [0.3, 0.4) is 0 Å². The van der Waals surface area contributed by atoms with Crippen molar-refractivity contribution in [3.05, 3.63) is 0 Å². The molecule has 0 aromatic carbocycles. The van der Waals surface area contributed by atoms with Gasteiger partial charge in [0.15, 0.2) is 0 Å². The monoisotopic (exact) mass is 352 g/mol. The van der Waals surface area contributed by atoms with Gasteiger partial charge in [0.05, 0.1) is 12.3 Å². The number of unbranched alkanes of at least 4 members (excludes halogenated alkanes) is 11. The van der Waals surface area contributed by atoms with Crippen molar-refractivity contribution in [2.24, 2.45) is 11.8 Å². The third-order valence-corrected chi connectivity index (χ3v) is 5.58. The number of hydrogen-bond donors (Lipinski definition) is 0. The summed E-state index contributed by atoms with van der Waals surface area (Å²) in [7, 11) is 0. The number of carbonyl (C=O) groups excluding carboxylic acids is 2. The van der Waals surface area contributed by atoms with Crippen molar-refractivity contribution >= 4 is 11.9 Å². The van der Waals surface area contributed by atoms with Gasteiger partial charge in [-0.25, -0.2) is 0 Å². The molecule has 0 N–H and O–H groups in total. The lowest BCUT2D eigenvalue weighted by Crippen LogP contribution is -2.19. The predicted molar refractivity (Wildman–Crippen MR) is 103 cm³/mol. The van der Waals surface area contributed by atoms with Crippen molar-refractivity contribution in [1.29, 1.82) is 0 Å². The summed E-state index contributed by atoms with van der Waals surface area (Å²) < 4.78 is 4.80. The van der Waals surface area contributed by atoms with E-state index in [9.17, 15) is 9.59 Å². The molecule has 0 aliphatic carbocycles. The van der Waals surface area contributed by atoms with Crippen molar-refractivity contribution in [2.75, 3.05) is 0 Å². The second kappa shape index (κ2) is 14.3. The third-order valence-electron chi connectivity index (χ3n) is 5.58.